The number of ether oxygens (including phenoxy) is 1. The number of aliphatic hydroxyl groups excluding tert-OH is 1. The number of esters is 1. The van der Waals surface area contributed by atoms with Crippen molar-refractivity contribution in [3.63, 3.8) is 0 Å². The van der Waals surface area contributed by atoms with Gasteiger partial charge in [0.1, 0.15) is 5.82 Å². The number of benzene rings is 3. The lowest BCUT2D eigenvalue weighted by Gasteiger charge is -2.30. The number of aryl methyl sites for hydroxylation is 1. The standard InChI is InChI=1S/C38H39F3N4O5S2/c1-6-50-35(47)32(46)26-20-42-31-28(26)24-15-18-52(48,49)21-37(2,3)16-10-17-38(4,22-11-8-7-9-12-22)36-43-34(45(5)44-36)25-19-23(13-14-27(25)39)51-33(24)30(41)29(31)40/h7-9,11-15,18-20,32,42,46H,6,10,16-17,21H2,1-5H3/b18-15+/t32?,38-/m1/s1. The first kappa shape index (κ1) is 37.4. The highest BCUT2D eigenvalue weighted by atomic mass is 32.2. The predicted octanol–water partition coefficient (Wildman–Crippen LogP) is 8.03. The zero-order chi connectivity index (χ0) is 37.6. The normalized spacial score (nSPS) is 20.0. The number of sulfone groups is 1. The Morgan fingerprint density at radius 2 is 1.83 bits per heavy atom. The molecule has 1 unspecified atom stereocenters. The van der Waals surface area contributed by atoms with Crippen LogP contribution in [0.4, 0.5) is 13.2 Å². The number of H-pyrrole nitrogens is 1. The smallest absolute Gasteiger partial charge is 0.339 e. The Balaban J connectivity index is 1.60. The fraction of sp³-hybridized carbons (Fsp3) is 0.342. The van der Waals surface area contributed by atoms with Crippen molar-refractivity contribution in [3.8, 4) is 11.4 Å². The van der Waals surface area contributed by atoms with Crippen LogP contribution in [0.15, 0.2) is 69.9 Å². The number of halogens is 3. The van der Waals surface area contributed by atoms with Crippen LogP contribution in [0.1, 0.15) is 75.6 Å². The Hall–Kier alpha value is -4.40. The molecule has 0 saturated carbocycles. The van der Waals surface area contributed by atoms with Crippen molar-refractivity contribution < 1.29 is 36.2 Å². The van der Waals surface area contributed by atoms with Crippen LogP contribution in [-0.4, -0.2) is 51.6 Å². The Kier molecular flexibility index (Phi) is 10.2. The first-order valence-electron chi connectivity index (χ1n) is 16.8. The molecule has 5 aromatic rings. The van der Waals surface area contributed by atoms with Crippen LogP contribution < -0.4 is 0 Å². The number of fused-ring (bicyclic) bond motifs is 8. The molecule has 0 spiro atoms. The number of carbonyl (C=O) groups is 1. The van der Waals surface area contributed by atoms with Crippen molar-refractivity contribution in [1.29, 1.82) is 0 Å². The number of hydrogen-bond acceptors (Lipinski definition) is 8. The molecule has 0 fully saturated rings. The van der Waals surface area contributed by atoms with E-state index in [0.29, 0.717) is 25.1 Å². The Bertz CT molecular complexity index is 2300. The third-order valence-electron chi connectivity index (χ3n) is 9.47. The largest absolute Gasteiger partial charge is 0.464 e. The SMILES string of the molecule is CCOC(=O)C(O)c1c[nH]c2c(F)c(F)c3c(c12)/C=C/S(=O)(=O)CC(C)(C)CCC[C@](C)(c1ccccc1)c1nc(n(C)n1)-c1cc(ccc1F)S3. The van der Waals surface area contributed by atoms with Crippen molar-refractivity contribution in [3.05, 3.63) is 100 Å². The molecule has 14 heteroatoms. The van der Waals surface area contributed by atoms with Crippen molar-refractivity contribution in [2.24, 2.45) is 12.5 Å². The summed E-state index contributed by atoms with van der Waals surface area (Å²) in [6, 6.07) is 13.7. The maximum absolute atomic E-state index is 16.1. The molecule has 4 bridgehead atoms. The van der Waals surface area contributed by atoms with Crippen LogP contribution in [0, 0.1) is 22.9 Å². The van der Waals surface area contributed by atoms with Gasteiger partial charge in [0.2, 0.25) is 0 Å². The monoisotopic (exact) mass is 752 g/mol. The van der Waals surface area contributed by atoms with E-state index < -0.39 is 50.2 Å². The van der Waals surface area contributed by atoms with Crippen LogP contribution in [0.3, 0.4) is 0 Å². The summed E-state index contributed by atoms with van der Waals surface area (Å²) in [4.78, 5) is 20.0. The highest BCUT2D eigenvalue weighted by molar-refractivity contribution is 7.99. The molecule has 1 aliphatic heterocycles. The lowest BCUT2D eigenvalue weighted by molar-refractivity contribution is -0.153. The van der Waals surface area contributed by atoms with E-state index in [4.69, 9.17) is 14.8 Å². The number of rotatable bonds is 4. The average Bonchev–Trinajstić information content (AvgIpc) is 3.71. The van der Waals surface area contributed by atoms with Crippen LogP contribution in [-0.2, 0) is 31.8 Å². The number of nitrogens with zero attached hydrogens (tertiary/aromatic N) is 3. The topological polar surface area (TPSA) is 127 Å². The van der Waals surface area contributed by atoms with E-state index >= 15 is 13.2 Å². The molecule has 0 amide bonds. The van der Waals surface area contributed by atoms with Gasteiger partial charge in [0.25, 0.3) is 0 Å². The van der Waals surface area contributed by atoms with Crippen molar-refractivity contribution in [2.45, 2.75) is 68.3 Å². The van der Waals surface area contributed by atoms with Crippen LogP contribution in [0.5, 0.6) is 0 Å². The minimum Gasteiger partial charge on any atom is -0.464 e. The summed E-state index contributed by atoms with van der Waals surface area (Å²) in [7, 11) is -2.32. The molecule has 52 heavy (non-hydrogen) atoms. The zero-order valence-corrected chi connectivity index (χ0v) is 31.0. The molecule has 274 valence electrons. The number of hydrogen-bond donors (Lipinski definition) is 2. The van der Waals surface area contributed by atoms with E-state index in [1.54, 1.807) is 14.0 Å². The van der Waals surface area contributed by atoms with Crippen molar-refractivity contribution in [1.82, 2.24) is 19.7 Å². The molecule has 9 nitrogen and oxygen atoms in total. The van der Waals surface area contributed by atoms with Gasteiger partial charge < -0.3 is 14.8 Å². The summed E-state index contributed by atoms with van der Waals surface area (Å²) >= 11 is 0.727. The number of carbonyl (C=O) groups excluding carboxylic acids is 1. The molecule has 0 aliphatic carbocycles. The molecule has 6 rings (SSSR count). The fourth-order valence-corrected chi connectivity index (χ4v) is 9.50. The number of aromatic nitrogens is 4. The molecule has 3 aromatic carbocycles. The number of aromatic amines is 1. The molecule has 1 aliphatic rings. The average molecular weight is 753 g/mol. The lowest BCUT2D eigenvalue weighted by Crippen LogP contribution is -2.28. The second-order valence-corrected chi connectivity index (χ2v) is 16.9. The third-order valence-corrected chi connectivity index (χ3v) is 12.3. The maximum atomic E-state index is 16.1. The number of aliphatic hydroxyl groups is 1. The summed E-state index contributed by atoms with van der Waals surface area (Å²) in [6.07, 6.45) is 2.08. The second kappa shape index (κ2) is 14.2. The summed E-state index contributed by atoms with van der Waals surface area (Å²) < 4.78 is 81.5. The van der Waals surface area contributed by atoms with Crippen LogP contribution in [0.25, 0.3) is 28.4 Å². The summed E-state index contributed by atoms with van der Waals surface area (Å²) in [5, 5.41) is 16.5. The van der Waals surface area contributed by atoms with Gasteiger partial charge in [0.05, 0.1) is 33.8 Å². The Labute approximate surface area is 304 Å². The van der Waals surface area contributed by atoms with E-state index in [1.165, 1.54) is 22.9 Å². The molecular weight excluding hydrogens is 714 g/mol. The van der Waals surface area contributed by atoms with E-state index in [1.807, 2.05) is 51.1 Å². The van der Waals surface area contributed by atoms with Gasteiger partial charge in [0.15, 0.2) is 39.2 Å². The summed E-state index contributed by atoms with van der Waals surface area (Å²) in [5.41, 5.74) is -1.05. The highest BCUT2D eigenvalue weighted by Gasteiger charge is 2.36. The maximum Gasteiger partial charge on any atom is 0.339 e. The molecule has 2 aromatic heterocycles. The molecule has 3 heterocycles. The Morgan fingerprint density at radius 1 is 1.10 bits per heavy atom. The fourth-order valence-electron chi connectivity index (χ4n) is 6.82. The van der Waals surface area contributed by atoms with E-state index in [2.05, 4.69) is 4.98 Å². The van der Waals surface area contributed by atoms with Gasteiger partial charge in [-0.2, -0.15) is 5.10 Å². The minimum atomic E-state index is -3.97. The zero-order valence-electron chi connectivity index (χ0n) is 29.3. The minimum absolute atomic E-state index is 0.0471. The van der Waals surface area contributed by atoms with Gasteiger partial charge in [-0.3, -0.25) is 0 Å². The van der Waals surface area contributed by atoms with Gasteiger partial charge in [-0.25, -0.2) is 36.0 Å². The van der Waals surface area contributed by atoms with E-state index in [-0.39, 0.29) is 55.6 Å². The summed E-state index contributed by atoms with van der Waals surface area (Å²) in [6.45, 7) is 7.21. The van der Waals surface area contributed by atoms with Gasteiger partial charge in [-0.05, 0) is 61.9 Å². The number of nitrogens with one attached hydrogen (secondary N) is 1. The van der Waals surface area contributed by atoms with Gasteiger partial charge >= 0.3 is 5.97 Å². The first-order chi connectivity index (χ1) is 24.5. The third kappa shape index (κ3) is 7.15. The van der Waals surface area contributed by atoms with E-state index in [0.717, 1.165) is 35.0 Å². The van der Waals surface area contributed by atoms with Crippen LogP contribution >= 0.6 is 11.8 Å². The lowest BCUT2D eigenvalue weighted by atomic mass is 9.75. The Morgan fingerprint density at radius 3 is 2.54 bits per heavy atom. The summed E-state index contributed by atoms with van der Waals surface area (Å²) in [5.74, 6) is -3.86. The highest BCUT2D eigenvalue weighted by Crippen LogP contribution is 2.44. The van der Waals surface area contributed by atoms with Gasteiger partial charge in [0, 0.05) is 40.1 Å². The molecule has 2 N–H and O–H groups in total. The molecular formula is C38H39F3N4O5S2. The van der Waals surface area contributed by atoms with E-state index in [9.17, 15) is 18.3 Å². The van der Waals surface area contributed by atoms with Gasteiger partial charge in [-0.1, -0.05) is 62.4 Å². The van der Waals surface area contributed by atoms with Crippen molar-refractivity contribution >= 4 is 44.5 Å². The van der Waals surface area contributed by atoms with Crippen molar-refractivity contribution in [2.75, 3.05) is 12.4 Å². The second-order valence-electron chi connectivity index (χ2n) is 14.0. The molecule has 0 radical (unpaired) electrons. The molecule has 0 saturated heterocycles. The quantitative estimate of drug-likeness (QED) is 0.177. The molecule has 2 atom stereocenters. The van der Waals surface area contributed by atoms with Gasteiger partial charge in [-0.15, -0.1) is 0 Å². The predicted molar refractivity (Wildman–Crippen MR) is 194 cm³/mol. The first-order valence-corrected chi connectivity index (χ1v) is 19.3. The van der Waals surface area contributed by atoms with Crippen LogP contribution in [0.2, 0.25) is 0 Å².